The Morgan fingerprint density at radius 1 is 1.30 bits per heavy atom. The van der Waals surface area contributed by atoms with Crippen molar-refractivity contribution in [2.75, 3.05) is 46.4 Å². The lowest BCUT2D eigenvalue weighted by molar-refractivity contribution is 0.0389. The predicted molar refractivity (Wildman–Crippen MR) is 114 cm³/mol. The van der Waals surface area contributed by atoms with E-state index in [2.05, 4.69) is 25.5 Å². The highest BCUT2D eigenvalue weighted by Crippen LogP contribution is 2.14. The van der Waals surface area contributed by atoms with Crippen molar-refractivity contribution < 1.29 is 9.13 Å². The van der Waals surface area contributed by atoms with Crippen molar-refractivity contribution in [2.24, 2.45) is 4.99 Å². The van der Waals surface area contributed by atoms with E-state index in [1.807, 2.05) is 6.07 Å². The van der Waals surface area contributed by atoms with Gasteiger partial charge in [-0.3, -0.25) is 9.89 Å². The predicted octanol–water partition coefficient (Wildman–Crippen LogP) is 1.63. The van der Waals surface area contributed by atoms with Gasteiger partial charge in [0.25, 0.3) is 0 Å². The van der Waals surface area contributed by atoms with Crippen molar-refractivity contribution in [3.05, 3.63) is 48.3 Å². The zero-order chi connectivity index (χ0) is 18.2. The molecule has 0 bridgehead atoms. The fourth-order valence-electron chi connectivity index (χ4n) is 2.83. The minimum absolute atomic E-state index is 0. The third kappa shape index (κ3) is 6.43. The third-order valence-electron chi connectivity index (χ3n) is 4.30. The number of aromatic nitrogens is 2. The Morgan fingerprint density at radius 3 is 2.78 bits per heavy atom. The number of halogens is 2. The van der Waals surface area contributed by atoms with E-state index in [-0.39, 0.29) is 29.8 Å². The van der Waals surface area contributed by atoms with Crippen molar-refractivity contribution in [2.45, 2.75) is 6.54 Å². The number of rotatable bonds is 6. The molecule has 0 atom stereocenters. The first-order valence-corrected chi connectivity index (χ1v) is 8.77. The number of nitrogens with one attached hydrogen (secondary N) is 2. The van der Waals surface area contributed by atoms with Gasteiger partial charge in [-0.25, -0.2) is 9.37 Å². The quantitative estimate of drug-likeness (QED) is 0.368. The lowest BCUT2D eigenvalue weighted by Crippen LogP contribution is -2.44. The lowest BCUT2D eigenvalue weighted by Gasteiger charge is -2.26. The van der Waals surface area contributed by atoms with Crippen LogP contribution >= 0.6 is 24.0 Å². The van der Waals surface area contributed by atoms with Gasteiger partial charge in [0, 0.05) is 52.2 Å². The fourth-order valence-corrected chi connectivity index (χ4v) is 2.83. The van der Waals surface area contributed by atoms with Gasteiger partial charge in [-0.1, -0.05) is 6.07 Å². The Morgan fingerprint density at radius 2 is 2.11 bits per heavy atom. The fraction of sp³-hybridized carbons (Fsp3) is 0.444. The van der Waals surface area contributed by atoms with Crippen LogP contribution < -0.4 is 10.6 Å². The smallest absolute Gasteiger partial charge is 0.191 e. The Labute approximate surface area is 176 Å². The topological polar surface area (TPSA) is 66.7 Å². The van der Waals surface area contributed by atoms with Gasteiger partial charge in [0.05, 0.1) is 25.2 Å². The van der Waals surface area contributed by atoms with Gasteiger partial charge < -0.3 is 19.9 Å². The molecular formula is C18H26FIN6O. The van der Waals surface area contributed by atoms with Gasteiger partial charge in [0.1, 0.15) is 5.82 Å². The standard InChI is InChI=1S/C18H25FN6O.HI/c1-20-18(22-5-6-24-8-10-26-11-9-24)23-13-15-2-3-17(16(19)12-15)25-7-4-21-14-25;/h2-4,7,12,14H,5-6,8-11,13H2,1H3,(H2,20,22,23);1H. The van der Waals surface area contributed by atoms with Crippen molar-refractivity contribution >= 4 is 29.9 Å². The Bertz CT molecular complexity index is 719. The zero-order valence-electron chi connectivity index (χ0n) is 15.4. The second-order valence-electron chi connectivity index (χ2n) is 6.06. The first-order valence-electron chi connectivity index (χ1n) is 8.77. The molecule has 0 aliphatic carbocycles. The summed E-state index contributed by atoms with van der Waals surface area (Å²) in [6.45, 7) is 5.78. The van der Waals surface area contributed by atoms with Gasteiger partial charge >= 0.3 is 0 Å². The van der Waals surface area contributed by atoms with Crippen LogP contribution in [0, 0.1) is 5.82 Å². The molecule has 148 valence electrons. The third-order valence-corrected chi connectivity index (χ3v) is 4.30. The molecule has 7 nitrogen and oxygen atoms in total. The van der Waals surface area contributed by atoms with E-state index >= 15 is 0 Å². The van der Waals surface area contributed by atoms with E-state index in [9.17, 15) is 4.39 Å². The van der Waals surface area contributed by atoms with Crippen molar-refractivity contribution in [3.63, 3.8) is 0 Å². The van der Waals surface area contributed by atoms with Gasteiger partial charge in [-0.15, -0.1) is 24.0 Å². The molecule has 0 saturated carbocycles. The summed E-state index contributed by atoms with van der Waals surface area (Å²) in [5, 5.41) is 6.50. The van der Waals surface area contributed by atoms with Gasteiger partial charge in [-0.2, -0.15) is 0 Å². The number of morpholine rings is 1. The first-order chi connectivity index (χ1) is 12.8. The minimum atomic E-state index is -0.280. The molecule has 1 aliphatic rings. The number of hydrogen-bond donors (Lipinski definition) is 2. The Hall–Kier alpha value is -1.72. The molecule has 1 saturated heterocycles. The molecule has 1 aromatic carbocycles. The maximum Gasteiger partial charge on any atom is 0.191 e. The molecule has 2 heterocycles. The molecule has 0 unspecified atom stereocenters. The van der Waals surface area contributed by atoms with Gasteiger partial charge in [-0.05, 0) is 17.7 Å². The second kappa shape index (κ2) is 11.2. The van der Waals surface area contributed by atoms with E-state index in [0.717, 1.165) is 45.0 Å². The highest BCUT2D eigenvalue weighted by Gasteiger charge is 2.10. The summed E-state index contributed by atoms with van der Waals surface area (Å²) in [7, 11) is 1.73. The number of ether oxygens (including phenoxy) is 1. The van der Waals surface area contributed by atoms with Gasteiger partial charge in [0.2, 0.25) is 0 Å². The maximum atomic E-state index is 14.3. The Kier molecular flexibility index (Phi) is 8.95. The van der Waals surface area contributed by atoms with E-state index in [1.165, 1.54) is 6.07 Å². The van der Waals surface area contributed by atoms with Crippen molar-refractivity contribution in [1.82, 2.24) is 25.1 Å². The average Bonchev–Trinajstić information content (AvgIpc) is 3.20. The van der Waals surface area contributed by atoms with Crippen LogP contribution in [0.4, 0.5) is 4.39 Å². The molecule has 1 aliphatic heterocycles. The van der Waals surface area contributed by atoms with Crippen LogP contribution in [-0.4, -0.2) is 66.9 Å². The van der Waals surface area contributed by atoms with Crippen LogP contribution in [0.1, 0.15) is 5.56 Å². The molecule has 0 spiro atoms. The van der Waals surface area contributed by atoms with Crippen LogP contribution in [0.2, 0.25) is 0 Å². The summed E-state index contributed by atoms with van der Waals surface area (Å²) in [4.78, 5) is 10.5. The summed E-state index contributed by atoms with van der Waals surface area (Å²) in [5.74, 6) is 0.426. The lowest BCUT2D eigenvalue weighted by atomic mass is 10.2. The molecule has 0 amide bonds. The number of benzene rings is 1. The van der Waals surface area contributed by atoms with Crippen molar-refractivity contribution in [1.29, 1.82) is 0 Å². The first kappa shape index (κ1) is 21.6. The number of nitrogens with zero attached hydrogens (tertiary/aromatic N) is 4. The average molecular weight is 488 g/mol. The summed E-state index contributed by atoms with van der Waals surface area (Å²) >= 11 is 0. The molecule has 2 aromatic rings. The molecule has 2 N–H and O–H groups in total. The summed E-state index contributed by atoms with van der Waals surface area (Å²) in [6, 6.07) is 5.18. The number of guanidine groups is 1. The highest BCUT2D eigenvalue weighted by molar-refractivity contribution is 14.0. The highest BCUT2D eigenvalue weighted by atomic mass is 127. The second-order valence-corrected chi connectivity index (χ2v) is 6.06. The van der Waals surface area contributed by atoms with Crippen LogP contribution in [0.25, 0.3) is 5.69 Å². The molecule has 1 aromatic heterocycles. The Balaban J connectivity index is 0.00000261. The number of imidazole rings is 1. The van der Waals surface area contributed by atoms with E-state index in [1.54, 1.807) is 36.4 Å². The monoisotopic (exact) mass is 488 g/mol. The summed E-state index contributed by atoms with van der Waals surface area (Å²) in [6.07, 6.45) is 4.93. The number of hydrogen-bond acceptors (Lipinski definition) is 4. The largest absolute Gasteiger partial charge is 0.379 e. The van der Waals surface area contributed by atoms with Crippen LogP contribution in [0.3, 0.4) is 0 Å². The normalized spacial score (nSPS) is 15.3. The van der Waals surface area contributed by atoms with Crippen LogP contribution in [0.5, 0.6) is 0 Å². The summed E-state index contributed by atoms with van der Waals surface area (Å²) in [5.41, 5.74) is 1.33. The van der Waals surface area contributed by atoms with E-state index in [4.69, 9.17) is 4.74 Å². The molecule has 0 radical (unpaired) electrons. The zero-order valence-corrected chi connectivity index (χ0v) is 17.7. The van der Waals surface area contributed by atoms with E-state index in [0.29, 0.717) is 18.2 Å². The molecule has 3 rings (SSSR count). The minimum Gasteiger partial charge on any atom is -0.379 e. The maximum absolute atomic E-state index is 14.3. The molecular weight excluding hydrogens is 462 g/mol. The van der Waals surface area contributed by atoms with Crippen LogP contribution in [-0.2, 0) is 11.3 Å². The number of aliphatic imine (C=N–C) groups is 1. The molecule has 27 heavy (non-hydrogen) atoms. The van der Waals surface area contributed by atoms with Crippen molar-refractivity contribution in [3.8, 4) is 5.69 Å². The molecule has 9 heteroatoms. The van der Waals surface area contributed by atoms with E-state index < -0.39 is 0 Å². The van der Waals surface area contributed by atoms with Crippen LogP contribution in [0.15, 0.2) is 41.9 Å². The SMILES string of the molecule is CN=C(NCCN1CCOCC1)NCc1ccc(-n2ccnc2)c(F)c1.I. The van der Waals surface area contributed by atoms with Gasteiger partial charge in [0.15, 0.2) is 5.96 Å². The summed E-state index contributed by atoms with van der Waals surface area (Å²) < 4.78 is 21.3. The molecule has 1 fully saturated rings.